The van der Waals surface area contributed by atoms with E-state index < -0.39 is 17.6 Å². The third kappa shape index (κ3) is 3.81. The van der Waals surface area contributed by atoms with E-state index in [1.807, 2.05) is 20.8 Å². The largest absolute Gasteiger partial charge is 0.467 e. The third-order valence-corrected chi connectivity index (χ3v) is 2.66. The van der Waals surface area contributed by atoms with Gasteiger partial charge in [0, 0.05) is 0 Å². The maximum absolute atomic E-state index is 11.8. The van der Waals surface area contributed by atoms with Gasteiger partial charge >= 0.3 is 5.97 Å². The van der Waals surface area contributed by atoms with E-state index in [-0.39, 0.29) is 11.8 Å². The van der Waals surface area contributed by atoms with Crippen LogP contribution in [0.3, 0.4) is 0 Å². The summed E-state index contributed by atoms with van der Waals surface area (Å²) in [6.07, 6.45) is 0.505. The highest BCUT2D eigenvalue weighted by atomic mass is 16.5. The average molecular weight is 230 g/mol. The van der Waals surface area contributed by atoms with E-state index in [0.29, 0.717) is 6.42 Å². The number of nitrogens with one attached hydrogen (secondary N) is 1. The topological polar surface area (TPSA) is 81.4 Å². The summed E-state index contributed by atoms with van der Waals surface area (Å²) in [5.74, 6) is -0.821. The lowest BCUT2D eigenvalue weighted by Gasteiger charge is -2.26. The van der Waals surface area contributed by atoms with Crippen molar-refractivity contribution in [3.8, 4) is 0 Å². The molecule has 0 saturated carbocycles. The summed E-state index contributed by atoms with van der Waals surface area (Å²) < 4.78 is 4.63. The van der Waals surface area contributed by atoms with Crippen LogP contribution >= 0.6 is 0 Å². The molecule has 16 heavy (non-hydrogen) atoms. The van der Waals surface area contributed by atoms with Gasteiger partial charge in [-0.1, -0.05) is 20.8 Å². The number of rotatable bonds is 5. The Balaban J connectivity index is 4.65. The Bertz CT molecular complexity index is 262. The van der Waals surface area contributed by atoms with Crippen molar-refractivity contribution in [1.82, 2.24) is 5.32 Å². The third-order valence-electron chi connectivity index (χ3n) is 2.66. The number of amides is 1. The van der Waals surface area contributed by atoms with E-state index >= 15 is 0 Å². The first-order chi connectivity index (χ1) is 7.26. The zero-order valence-corrected chi connectivity index (χ0v) is 10.7. The maximum Gasteiger partial charge on any atom is 0.328 e. The number of esters is 1. The van der Waals surface area contributed by atoms with Crippen LogP contribution < -0.4 is 11.1 Å². The second-order valence-corrected chi connectivity index (χ2v) is 4.49. The molecule has 0 heterocycles. The lowest BCUT2D eigenvalue weighted by Crippen LogP contribution is -2.56. The van der Waals surface area contributed by atoms with Crippen LogP contribution in [0.25, 0.3) is 0 Å². The first-order valence-electron chi connectivity index (χ1n) is 5.44. The molecule has 0 spiro atoms. The van der Waals surface area contributed by atoms with Gasteiger partial charge in [-0.2, -0.15) is 0 Å². The lowest BCUT2D eigenvalue weighted by atomic mass is 9.97. The average Bonchev–Trinajstić information content (AvgIpc) is 2.23. The molecule has 5 heteroatoms. The Kier molecular flexibility index (Phi) is 5.44. The molecule has 0 aromatic heterocycles. The van der Waals surface area contributed by atoms with Gasteiger partial charge in [0.05, 0.1) is 12.6 Å². The molecule has 0 radical (unpaired) electrons. The molecule has 3 N–H and O–H groups in total. The van der Waals surface area contributed by atoms with Crippen LogP contribution in [0, 0.1) is 5.92 Å². The standard InChI is InChI=1S/C11H22N2O3/c1-6-11(4,12)10(15)13-8(7(2)3)9(14)16-5/h7-8H,6,12H2,1-5H3,(H,13,15)/t8-,11?/m0/s1. The van der Waals surface area contributed by atoms with E-state index in [9.17, 15) is 9.59 Å². The molecule has 94 valence electrons. The Morgan fingerprint density at radius 3 is 2.25 bits per heavy atom. The normalized spacial score (nSPS) is 16.4. The van der Waals surface area contributed by atoms with Gasteiger partial charge in [0.15, 0.2) is 0 Å². The van der Waals surface area contributed by atoms with E-state index in [1.54, 1.807) is 6.92 Å². The monoisotopic (exact) mass is 230 g/mol. The molecule has 0 bridgehead atoms. The Morgan fingerprint density at radius 1 is 1.44 bits per heavy atom. The van der Waals surface area contributed by atoms with E-state index in [2.05, 4.69) is 10.1 Å². The minimum atomic E-state index is -0.957. The zero-order valence-electron chi connectivity index (χ0n) is 10.7. The number of ether oxygens (including phenoxy) is 1. The van der Waals surface area contributed by atoms with Crippen molar-refractivity contribution in [2.24, 2.45) is 11.7 Å². The second kappa shape index (κ2) is 5.84. The van der Waals surface area contributed by atoms with Crippen LogP contribution in [0.1, 0.15) is 34.1 Å². The molecule has 0 aromatic rings. The summed E-state index contributed by atoms with van der Waals surface area (Å²) in [5.41, 5.74) is 4.83. The van der Waals surface area contributed by atoms with Crippen LogP contribution in [0.5, 0.6) is 0 Å². The van der Waals surface area contributed by atoms with Gasteiger partial charge in [-0.05, 0) is 19.3 Å². The molecule has 5 nitrogen and oxygen atoms in total. The summed E-state index contributed by atoms with van der Waals surface area (Å²) in [6, 6.07) is -0.646. The van der Waals surface area contributed by atoms with Gasteiger partial charge in [-0.3, -0.25) is 4.79 Å². The highest BCUT2D eigenvalue weighted by Crippen LogP contribution is 2.09. The van der Waals surface area contributed by atoms with Gasteiger partial charge in [-0.25, -0.2) is 4.79 Å². The number of hydrogen-bond acceptors (Lipinski definition) is 4. The van der Waals surface area contributed by atoms with Crippen molar-refractivity contribution in [3.63, 3.8) is 0 Å². The smallest absolute Gasteiger partial charge is 0.328 e. The van der Waals surface area contributed by atoms with Gasteiger partial charge in [-0.15, -0.1) is 0 Å². The van der Waals surface area contributed by atoms with Crippen molar-refractivity contribution in [2.45, 2.75) is 45.7 Å². The highest BCUT2D eigenvalue weighted by molar-refractivity contribution is 5.90. The minimum absolute atomic E-state index is 0.0379. The van der Waals surface area contributed by atoms with E-state index in [0.717, 1.165) is 0 Å². The van der Waals surface area contributed by atoms with Gasteiger partial charge < -0.3 is 15.8 Å². The predicted octanol–water partition coefficient (Wildman–Crippen LogP) is 0.428. The maximum atomic E-state index is 11.8. The van der Waals surface area contributed by atoms with Crippen LogP contribution in [-0.4, -0.2) is 30.6 Å². The van der Waals surface area contributed by atoms with Gasteiger partial charge in [0.25, 0.3) is 0 Å². The molecule has 0 aliphatic heterocycles. The number of carbonyl (C=O) groups is 2. The van der Waals surface area contributed by atoms with Crippen LogP contribution in [0.15, 0.2) is 0 Å². The number of hydrogen-bond donors (Lipinski definition) is 2. The first-order valence-corrected chi connectivity index (χ1v) is 5.44. The summed E-state index contributed by atoms with van der Waals surface area (Å²) in [7, 11) is 1.30. The van der Waals surface area contributed by atoms with Gasteiger partial charge in [0.2, 0.25) is 5.91 Å². The quantitative estimate of drug-likeness (QED) is 0.671. The molecule has 0 fully saturated rings. The van der Waals surface area contributed by atoms with Crippen LogP contribution in [0.2, 0.25) is 0 Å². The molecule has 0 aliphatic carbocycles. The lowest BCUT2D eigenvalue weighted by molar-refractivity contribution is -0.147. The molecular weight excluding hydrogens is 208 g/mol. The number of nitrogens with two attached hydrogens (primary N) is 1. The molecule has 1 unspecified atom stereocenters. The molecule has 0 aromatic carbocycles. The molecule has 2 atom stereocenters. The molecule has 0 saturated heterocycles. The van der Waals surface area contributed by atoms with Crippen LogP contribution in [0.4, 0.5) is 0 Å². The molecule has 0 aliphatic rings. The summed E-state index contributed by atoms with van der Waals surface area (Å²) in [4.78, 5) is 23.2. The number of methoxy groups -OCH3 is 1. The highest BCUT2D eigenvalue weighted by Gasteiger charge is 2.32. The minimum Gasteiger partial charge on any atom is -0.467 e. The molecular formula is C11H22N2O3. The molecule has 1 amide bonds. The SMILES string of the molecule is CCC(C)(N)C(=O)N[C@H](C(=O)OC)C(C)C. The predicted molar refractivity (Wildman–Crippen MR) is 61.7 cm³/mol. The summed E-state index contributed by atoms with van der Waals surface area (Å²) in [6.45, 7) is 7.13. The van der Waals surface area contributed by atoms with Crippen molar-refractivity contribution < 1.29 is 14.3 Å². The van der Waals surface area contributed by atoms with Crippen molar-refractivity contribution in [1.29, 1.82) is 0 Å². The fraction of sp³-hybridized carbons (Fsp3) is 0.818. The van der Waals surface area contributed by atoms with Crippen molar-refractivity contribution in [2.75, 3.05) is 7.11 Å². The zero-order chi connectivity index (χ0) is 12.9. The fourth-order valence-corrected chi connectivity index (χ4v) is 1.09. The Hall–Kier alpha value is -1.10. The van der Waals surface area contributed by atoms with Crippen LogP contribution in [-0.2, 0) is 14.3 Å². The van der Waals surface area contributed by atoms with E-state index in [4.69, 9.17) is 5.73 Å². The molecule has 0 rings (SSSR count). The number of carbonyl (C=O) groups excluding carboxylic acids is 2. The Labute approximate surface area is 96.7 Å². The fourth-order valence-electron chi connectivity index (χ4n) is 1.09. The summed E-state index contributed by atoms with van der Waals surface area (Å²) in [5, 5.41) is 2.62. The summed E-state index contributed by atoms with van der Waals surface area (Å²) >= 11 is 0. The second-order valence-electron chi connectivity index (χ2n) is 4.49. The first kappa shape index (κ1) is 14.9. The van der Waals surface area contributed by atoms with Crippen molar-refractivity contribution in [3.05, 3.63) is 0 Å². The van der Waals surface area contributed by atoms with Gasteiger partial charge in [0.1, 0.15) is 6.04 Å². The Morgan fingerprint density at radius 2 is 1.94 bits per heavy atom. The van der Waals surface area contributed by atoms with Crippen molar-refractivity contribution >= 4 is 11.9 Å². The van der Waals surface area contributed by atoms with E-state index in [1.165, 1.54) is 7.11 Å².